The topological polar surface area (TPSA) is 40.7 Å². The summed E-state index contributed by atoms with van der Waals surface area (Å²) in [7, 11) is 0. The van der Waals surface area contributed by atoms with E-state index in [-0.39, 0.29) is 0 Å². The van der Waals surface area contributed by atoms with Crippen LogP contribution in [0.15, 0.2) is 52.9 Å². The average molecular weight is 301 g/mol. The number of thioether (sulfide) groups is 1. The molecule has 3 rings (SSSR count). The molecule has 0 unspecified atom stereocenters. The quantitative estimate of drug-likeness (QED) is 0.683. The van der Waals surface area contributed by atoms with E-state index in [0.29, 0.717) is 0 Å². The first kappa shape index (κ1) is 13.3. The normalized spacial score (nSPS) is 10.7. The molecule has 0 saturated carbocycles. The summed E-state index contributed by atoms with van der Waals surface area (Å²) in [6.45, 7) is 0.766. The maximum Gasteiger partial charge on any atom is 0.0799 e. The Hall–Kier alpha value is -1.72. The molecular formula is C15H15N3S2. The van der Waals surface area contributed by atoms with E-state index in [2.05, 4.69) is 63.5 Å². The summed E-state index contributed by atoms with van der Waals surface area (Å²) >= 11 is 3.47. The molecule has 102 valence electrons. The summed E-state index contributed by atoms with van der Waals surface area (Å²) in [6, 6.07) is 12.6. The zero-order chi connectivity index (χ0) is 13.8. The molecule has 0 aliphatic heterocycles. The van der Waals surface area contributed by atoms with Crippen molar-refractivity contribution in [2.24, 2.45) is 0 Å². The average Bonchev–Trinajstić information content (AvgIpc) is 3.16. The van der Waals surface area contributed by atoms with Crippen LogP contribution in [0, 0.1) is 0 Å². The molecule has 0 radical (unpaired) electrons. The molecule has 0 aliphatic rings. The largest absolute Gasteiger partial charge is 0.381 e. The third-order valence-electron chi connectivity index (χ3n) is 3.06. The summed E-state index contributed by atoms with van der Waals surface area (Å²) in [4.78, 5) is 2.50. The Balaban J connectivity index is 1.71. The van der Waals surface area contributed by atoms with E-state index in [0.717, 1.165) is 17.9 Å². The van der Waals surface area contributed by atoms with Crippen LogP contribution in [0.2, 0.25) is 0 Å². The SMILES string of the molecule is CSc1ccc(NCc2cn[nH]c2-c2cccs2)cc1. The Kier molecular flexibility index (Phi) is 4.08. The van der Waals surface area contributed by atoms with Crippen molar-refractivity contribution in [1.29, 1.82) is 0 Å². The van der Waals surface area contributed by atoms with Gasteiger partial charge in [-0.2, -0.15) is 5.10 Å². The number of benzene rings is 1. The second-order valence-electron chi connectivity index (χ2n) is 4.33. The molecule has 0 amide bonds. The Bertz CT molecular complexity index is 657. The van der Waals surface area contributed by atoms with Crippen molar-refractivity contribution in [3.63, 3.8) is 0 Å². The number of H-pyrrole nitrogens is 1. The van der Waals surface area contributed by atoms with Gasteiger partial charge in [0.25, 0.3) is 0 Å². The Morgan fingerprint density at radius 1 is 1.25 bits per heavy atom. The summed E-state index contributed by atoms with van der Waals surface area (Å²) in [5.74, 6) is 0. The molecule has 0 spiro atoms. The van der Waals surface area contributed by atoms with Crippen LogP contribution in [0.4, 0.5) is 5.69 Å². The van der Waals surface area contributed by atoms with Gasteiger partial charge >= 0.3 is 0 Å². The standard InChI is InChI=1S/C15H15N3S2/c1-19-13-6-4-12(5-7-13)16-9-11-10-17-18-15(11)14-3-2-8-20-14/h2-8,10,16H,9H2,1H3,(H,17,18). The Morgan fingerprint density at radius 3 is 2.80 bits per heavy atom. The first-order valence-electron chi connectivity index (χ1n) is 6.31. The van der Waals surface area contributed by atoms with Crippen molar-refractivity contribution in [1.82, 2.24) is 10.2 Å². The number of hydrogen-bond donors (Lipinski definition) is 2. The van der Waals surface area contributed by atoms with Gasteiger partial charge in [0, 0.05) is 22.7 Å². The molecule has 2 aromatic heterocycles. The van der Waals surface area contributed by atoms with Gasteiger partial charge in [0.2, 0.25) is 0 Å². The lowest BCUT2D eigenvalue weighted by Crippen LogP contribution is -1.99. The lowest BCUT2D eigenvalue weighted by Gasteiger charge is -2.07. The van der Waals surface area contributed by atoms with Crippen LogP contribution in [-0.2, 0) is 6.54 Å². The minimum absolute atomic E-state index is 0.766. The van der Waals surface area contributed by atoms with Crippen LogP contribution in [0.25, 0.3) is 10.6 Å². The predicted octanol–water partition coefficient (Wildman–Crippen LogP) is 4.47. The Labute approximate surface area is 126 Å². The number of hydrogen-bond acceptors (Lipinski definition) is 4. The van der Waals surface area contributed by atoms with Crippen molar-refractivity contribution in [2.45, 2.75) is 11.4 Å². The fraction of sp³-hybridized carbons (Fsp3) is 0.133. The highest BCUT2D eigenvalue weighted by Crippen LogP contribution is 2.26. The zero-order valence-corrected chi connectivity index (χ0v) is 12.7. The smallest absolute Gasteiger partial charge is 0.0799 e. The summed E-state index contributed by atoms with van der Waals surface area (Å²) in [5.41, 5.74) is 3.41. The summed E-state index contributed by atoms with van der Waals surface area (Å²) in [6.07, 6.45) is 3.97. The number of aromatic nitrogens is 2. The van der Waals surface area contributed by atoms with Crippen LogP contribution >= 0.6 is 23.1 Å². The molecule has 20 heavy (non-hydrogen) atoms. The molecule has 2 heterocycles. The van der Waals surface area contributed by atoms with Crippen LogP contribution in [0.3, 0.4) is 0 Å². The first-order chi connectivity index (χ1) is 9.86. The number of nitrogens with one attached hydrogen (secondary N) is 2. The lowest BCUT2D eigenvalue weighted by molar-refractivity contribution is 1.10. The molecule has 1 aromatic carbocycles. The van der Waals surface area contributed by atoms with Gasteiger partial charge in [-0.05, 0) is 42.0 Å². The minimum atomic E-state index is 0.766. The maximum absolute atomic E-state index is 4.16. The van der Waals surface area contributed by atoms with Crippen LogP contribution < -0.4 is 5.32 Å². The van der Waals surface area contributed by atoms with Crippen molar-refractivity contribution in [3.05, 3.63) is 53.5 Å². The van der Waals surface area contributed by atoms with E-state index in [1.165, 1.54) is 15.3 Å². The van der Waals surface area contributed by atoms with Crippen LogP contribution in [0.5, 0.6) is 0 Å². The van der Waals surface area contributed by atoms with E-state index >= 15 is 0 Å². The second-order valence-corrected chi connectivity index (χ2v) is 6.16. The van der Waals surface area contributed by atoms with Gasteiger partial charge in [-0.15, -0.1) is 23.1 Å². The van der Waals surface area contributed by atoms with Crippen molar-refractivity contribution >= 4 is 28.8 Å². The van der Waals surface area contributed by atoms with Gasteiger partial charge in [0.15, 0.2) is 0 Å². The number of nitrogens with zero attached hydrogens (tertiary/aromatic N) is 1. The highest BCUT2D eigenvalue weighted by atomic mass is 32.2. The summed E-state index contributed by atoms with van der Waals surface area (Å²) < 4.78 is 0. The molecule has 2 N–H and O–H groups in total. The van der Waals surface area contributed by atoms with Gasteiger partial charge in [0.1, 0.15) is 0 Å². The molecule has 3 aromatic rings. The fourth-order valence-electron chi connectivity index (χ4n) is 1.99. The lowest BCUT2D eigenvalue weighted by atomic mass is 10.2. The highest BCUT2D eigenvalue weighted by molar-refractivity contribution is 7.98. The van der Waals surface area contributed by atoms with E-state index in [4.69, 9.17) is 0 Å². The molecule has 0 bridgehead atoms. The van der Waals surface area contributed by atoms with Gasteiger partial charge in [0.05, 0.1) is 16.8 Å². The van der Waals surface area contributed by atoms with Crippen molar-refractivity contribution < 1.29 is 0 Å². The molecule has 0 saturated heterocycles. The van der Waals surface area contributed by atoms with E-state index in [1.54, 1.807) is 23.1 Å². The molecule has 5 heteroatoms. The van der Waals surface area contributed by atoms with Gasteiger partial charge in [-0.1, -0.05) is 6.07 Å². The number of rotatable bonds is 5. The molecule has 0 fully saturated rings. The number of anilines is 1. The highest BCUT2D eigenvalue weighted by Gasteiger charge is 2.08. The van der Waals surface area contributed by atoms with Crippen LogP contribution in [0.1, 0.15) is 5.56 Å². The van der Waals surface area contributed by atoms with E-state index in [1.807, 2.05) is 6.20 Å². The number of aromatic amines is 1. The van der Waals surface area contributed by atoms with Crippen molar-refractivity contribution in [3.8, 4) is 10.6 Å². The second kappa shape index (κ2) is 6.15. The van der Waals surface area contributed by atoms with Gasteiger partial charge < -0.3 is 5.32 Å². The van der Waals surface area contributed by atoms with E-state index in [9.17, 15) is 0 Å². The summed E-state index contributed by atoms with van der Waals surface area (Å²) in [5, 5.41) is 12.7. The maximum atomic E-state index is 4.16. The molecule has 0 atom stereocenters. The van der Waals surface area contributed by atoms with Crippen molar-refractivity contribution in [2.75, 3.05) is 11.6 Å². The van der Waals surface area contributed by atoms with Gasteiger partial charge in [-0.3, -0.25) is 5.10 Å². The third kappa shape index (κ3) is 2.89. The zero-order valence-electron chi connectivity index (χ0n) is 11.1. The predicted molar refractivity (Wildman–Crippen MR) is 87.5 cm³/mol. The first-order valence-corrected chi connectivity index (χ1v) is 8.41. The Morgan fingerprint density at radius 2 is 2.10 bits per heavy atom. The monoisotopic (exact) mass is 301 g/mol. The molecule has 0 aliphatic carbocycles. The van der Waals surface area contributed by atoms with Gasteiger partial charge in [-0.25, -0.2) is 0 Å². The number of thiophene rings is 1. The molecule has 3 nitrogen and oxygen atoms in total. The minimum Gasteiger partial charge on any atom is -0.381 e. The fourth-order valence-corrected chi connectivity index (χ4v) is 3.15. The van der Waals surface area contributed by atoms with E-state index < -0.39 is 0 Å². The van der Waals surface area contributed by atoms with Crippen LogP contribution in [-0.4, -0.2) is 16.5 Å². The third-order valence-corrected chi connectivity index (χ3v) is 4.69. The molecular weight excluding hydrogens is 286 g/mol.